The van der Waals surface area contributed by atoms with E-state index in [9.17, 15) is 4.79 Å². The Kier molecular flexibility index (Phi) is 6.70. The monoisotopic (exact) mass is 531 g/mol. The number of aryl methyl sites for hydroxylation is 1. The molecule has 1 aliphatic rings. The highest BCUT2D eigenvalue weighted by Gasteiger charge is 2.27. The number of hydrogen-bond donors (Lipinski definition) is 1. The highest BCUT2D eigenvalue weighted by Crippen LogP contribution is 2.27. The van der Waals surface area contributed by atoms with Gasteiger partial charge in [0.15, 0.2) is 11.5 Å². The molecule has 0 unspecified atom stereocenters. The molecule has 5 heterocycles. The molecule has 5 aromatic rings. The molecule has 10 nitrogen and oxygen atoms in total. The number of fused-ring (bicyclic) bond motifs is 2. The first-order valence-electron chi connectivity index (χ1n) is 13.2. The molecule has 1 atom stereocenters. The van der Waals surface area contributed by atoms with E-state index in [2.05, 4.69) is 86.3 Å². The van der Waals surface area contributed by atoms with Crippen LogP contribution < -0.4 is 10.2 Å². The number of pyridine rings is 2. The van der Waals surface area contributed by atoms with E-state index in [0.29, 0.717) is 31.0 Å². The fourth-order valence-corrected chi connectivity index (χ4v) is 5.15. The van der Waals surface area contributed by atoms with Gasteiger partial charge >= 0.3 is 0 Å². The zero-order valence-corrected chi connectivity index (χ0v) is 22.7. The lowest BCUT2D eigenvalue weighted by atomic mass is 10.0. The summed E-state index contributed by atoms with van der Waals surface area (Å²) < 4.78 is 1.76. The van der Waals surface area contributed by atoms with E-state index in [4.69, 9.17) is 4.98 Å². The lowest BCUT2D eigenvalue weighted by Gasteiger charge is -2.39. The fraction of sp³-hybridized carbons (Fsp3) is 0.267. The molecule has 1 saturated heterocycles. The van der Waals surface area contributed by atoms with Gasteiger partial charge in [-0.3, -0.25) is 4.79 Å². The largest absolute Gasteiger partial charge is 0.350 e. The molecule has 1 aliphatic heterocycles. The first-order valence-corrected chi connectivity index (χ1v) is 13.2. The third kappa shape index (κ3) is 5.01. The first kappa shape index (κ1) is 25.2. The van der Waals surface area contributed by atoms with Crippen molar-refractivity contribution in [2.24, 2.45) is 0 Å². The van der Waals surface area contributed by atoms with Crippen molar-refractivity contribution in [2.45, 2.75) is 33.2 Å². The molecular formula is C30H29N9O. The second-order valence-electron chi connectivity index (χ2n) is 9.97. The Balaban J connectivity index is 1.21. The number of nitrogens with zero attached hydrogens (tertiary/aromatic N) is 8. The van der Waals surface area contributed by atoms with Crippen molar-refractivity contribution in [3.8, 4) is 11.8 Å². The van der Waals surface area contributed by atoms with Gasteiger partial charge in [-0.2, -0.15) is 5.10 Å². The summed E-state index contributed by atoms with van der Waals surface area (Å²) >= 11 is 0. The number of hydrogen-bond acceptors (Lipinski definition) is 8. The van der Waals surface area contributed by atoms with Crippen LogP contribution >= 0.6 is 0 Å². The summed E-state index contributed by atoms with van der Waals surface area (Å²) in [6.45, 7) is 7.77. The van der Waals surface area contributed by atoms with Crippen molar-refractivity contribution < 1.29 is 4.79 Å². The van der Waals surface area contributed by atoms with Crippen molar-refractivity contribution in [1.82, 2.24) is 34.4 Å². The van der Waals surface area contributed by atoms with Crippen LogP contribution in [0.5, 0.6) is 0 Å². The fourth-order valence-electron chi connectivity index (χ4n) is 5.15. The van der Waals surface area contributed by atoms with Gasteiger partial charge in [0, 0.05) is 37.6 Å². The molecule has 1 N–H and O–H groups in total. The Labute approximate surface area is 232 Å². The van der Waals surface area contributed by atoms with Gasteiger partial charge in [0.05, 0.1) is 5.52 Å². The second kappa shape index (κ2) is 10.6. The normalized spacial score (nSPS) is 15.2. The van der Waals surface area contributed by atoms with Gasteiger partial charge in [-0.05, 0) is 86.2 Å². The lowest BCUT2D eigenvalue weighted by molar-refractivity contribution is -0.125. The van der Waals surface area contributed by atoms with Gasteiger partial charge in [-0.15, -0.1) is 0 Å². The van der Waals surface area contributed by atoms with Gasteiger partial charge in [0.2, 0.25) is 0 Å². The Morgan fingerprint density at radius 1 is 1.07 bits per heavy atom. The minimum absolute atomic E-state index is 0.100. The summed E-state index contributed by atoms with van der Waals surface area (Å²) in [4.78, 5) is 34.5. The van der Waals surface area contributed by atoms with E-state index >= 15 is 0 Å². The van der Waals surface area contributed by atoms with Gasteiger partial charge in [-0.25, -0.2) is 24.5 Å². The summed E-state index contributed by atoms with van der Waals surface area (Å²) in [7, 11) is 0. The molecule has 1 fully saturated rings. The molecule has 0 aliphatic carbocycles. The minimum atomic E-state index is -0.127. The van der Waals surface area contributed by atoms with Crippen LogP contribution in [0.4, 0.5) is 17.3 Å². The van der Waals surface area contributed by atoms with Crippen molar-refractivity contribution in [3.63, 3.8) is 0 Å². The second-order valence-corrected chi connectivity index (χ2v) is 9.97. The number of aromatic nitrogens is 6. The smallest absolute Gasteiger partial charge is 0.298 e. The zero-order valence-electron chi connectivity index (χ0n) is 22.7. The number of carbonyl (C=O) groups is 1. The minimum Gasteiger partial charge on any atom is -0.350 e. The van der Waals surface area contributed by atoms with E-state index in [1.165, 1.54) is 16.7 Å². The van der Waals surface area contributed by atoms with Crippen molar-refractivity contribution in [3.05, 3.63) is 78.0 Å². The third-order valence-corrected chi connectivity index (χ3v) is 7.25. The number of rotatable bonds is 5. The average molecular weight is 532 g/mol. The third-order valence-electron chi connectivity index (χ3n) is 7.25. The predicted octanol–water partition coefficient (Wildman–Crippen LogP) is 3.77. The molecule has 10 heteroatoms. The Hall–Kier alpha value is -5.04. The molecule has 1 aromatic carbocycles. The van der Waals surface area contributed by atoms with Crippen LogP contribution in [-0.4, -0.2) is 66.0 Å². The molecule has 0 saturated carbocycles. The van der Waals surface area contributed by atoms with E-state index < -0.39 is 0 Å². The lowest BCUT2D eigenvalue weighted by Crippen LogP contribution is -2.53. The summed E-state index contributed by atoms with van der Waals surface area (Å²) in [6.07, 6.45) is 5.85. The summed E-state index contributed by atoms with van der Waals surface area (Å²) in [5.41, 5.74) is 6.82. The van der Waals surface area contributed by atoms with E-state index in [-0.39, 0.29) is 11.9 Å². The molecule has 0 radical (unpaired) electrons. The first-order chi connectivity index (χ1) is 19.5. The number of amides is 1. The van der Waals surface area contributed by atoms with Crippen LogP contribution in [0.25, 0.3) is 16.7 Å². The summed E-state index contributed by atoms with van der Waals surface area (Å²) in [5, 5.41) is 7.62. The van der Waals surface area contributed by atoms with E-state index in [1.807, 2.05) is 18.3 Å². The Bertz CT molecular complexity index is 1780. The topological polar surface area (TPSA) is 104 Å². The van der Waals surface area contributed by atoms with Crippen LogP contribution in [0, 0.1) is 18.8 Å². The zero-order chi connectivity index (χ0) is 27.6. The highest BCUT2D eigenvalue weighted by atomic mass is 16.2. The standard InChI is InChI=1S/C30H29N9O/c1-4-5-28(40)37-12-13-38(21(3)17-37)26-9-8-25-29(36-26)30(33-18-31-25)35-24-7-6-23(20(2)14-24)15-22-10-11-39-27(16-22)32-19-34-39/h6-11,14,16,18-19,21H,12-13,15,17H2,1-3H3,(H,31,33,35)/t21-/m0/s1. The molecule has 1 amide bonds. The van der Waals surface area contributed by atoms with Crippen LogP contribution in [0.1, 0.15) is 30.5 Å². The predicted molar refractivity (Wildman–Crippen MR) is 154 cm³/mol. The quantitative estimate of drug-likeness (QED) is 0.342. The Morgan fingerprint density at radius 2 is 1.98 bits per heavy atom. The van der Waals surface area contributed by atoms with Crippen LogP contribution in [-0.2, 0) is 11.2 Å². The maximum Gasteiger partial charge on any atom is 0.298 e. The SMILES string of the molecule is CC#CC(=O)N1CCN(c2ccc3ncnc(Nc4ccc(Cc5ccn6ncnc6c5)c(C)c4)c3n2)[C@@H](C)C1. The number of nitrogens with one attached hydrogen (secondary N) is 1. The number of benzene rings is 1. The molecule has 200 valence electrons. The summed E-state index contributed by atoms with van der Waals surface area (Å²) in [5.74, 6) is 6.70. The van der Waals surface area contributed by atoms with Crippen molar-refractivity contribution in [1.29, 1.82) is 0 Å². The van der Waals surface area contributed by atoms with Crippen LogP contribution in [0.15, 0.2) is 61.3 Å². The van der Waals surface area contributed by atoms with Crippen molar-refractivity contribution in [2.75, 3.05) is 29.9 Å². The van der Waals surface area contributed by atoms with Gasteiger partial charge in [0.25, 0.3) is 5.91 Å². The highest BCUT2D eigenvalue weighted by molar-refractivity contribution is 5.93. The molecule has 4 aromatic heterocycles. The molecule has 40 heavy (non-hydrogen) atoms. The van der Waals surface area contributed by atoms with Crippen LogP contribution in [0.2, 0.25) is 0 Å². The number of carbonyl (C=O) groups excluding carboxylic acids is 1. The number of piperazine rings is 1. The van der Waals surface area contributed by atoms with E-state index in [0.717, 1.165) is 29.1 Å². The number of anilines is 3. The molecule has 0 bridgehead atoms. The maximum atomic E-state index is 12.2. The average Bonchev–Trinajstić information content (AvgIpc) is 3.43. The van der Waals surface area contributed by atoms with Gasteiger partial charge < -0.3 is 15.1 Å². The molecule has 6 rings (SSSR count). The van der Waals surface area contributed by atoms with E-state index in [1.54, 1.807) is 29.0 Å². The summed E-state index contributed by atoms with van der Waals surface area (Å²) in [6, 6.07) is 14.5. The molecular weight excluding hydrogens is 502 g/mol. The van der Waals surface area contributed by atoms with Gasteiger partial charge in [0.1, 0.15) is 24.0 Å². The maximum absolute atomic E-state index is 12.2. The molecule has 0 spiro atoms. The van der Waals surface area contributed by atoms with Crippen molar-refractivity contribution >= 4 is 39.9 Å². The Morgan fingerprint density at radius 3 is 2.80 bits per heavy atom. The van der Waals surface area contributed by atoms with Crippen LogP contribution in [0.3, 0.4) is 0 Å². The van der Waals surface area contributed by atoms with Gasteiger partial charge in [-0.1, -0.05) is 12.0 Å².